The average Bonchev–Trinajstić information content (AvgIpc) is 3.14. The number of sulfone groups is 1. The quantitative estimate of drug-likeness (QED) is 0.855. The van der Waals surface area contributed by atoms with Crippen molar-refractivity contribution in [2.45, 2.75) is 44.2 Å². The van der Waals surface area contributed by atoms with Crippen LogP contribution in [0.5, 0.6) is 0 Å². The van der Waals surface area contributed by atoms with Gasteiger partial charge in [0.25, 0.3) is 0 Å². The van der Waals surface area contributed by atoms with Crippen LogP contribution in [-0.4, -0.2) is 32.0 Å². The van der Waals surface area contributed by atoms with Crippen LogP contribution in [0.3, 0.4) is 0 Å². The number of urea groups is 1. The summed E-state index contributed by atoms with van der Waals surface area (Å²) in [6, 6.07) is 6.90. The summed E-state index contributed by atoms with van der Waals surface area (Å²) in [5.74, 6) is 0.575. The Hall–Kier alpha value is -1.27. The molecular formula is C17H23ClN2O3S. The van der Waals surface area contributed by atoms with Crippen LogP contribution in [0.2, 0.25) is 5.02 Å². The maximum atomic E-state index is 12.4. The Bertz CT molecular complexity index is 702. The van der Waals surface area contributed by atoms with Gasteiger partial charge in [-0.1, -0.05) is 36.6 Å². The van der Waals surface area contributed by atoms with E-state index in [1.807, 2.05) is 24.3 Å². The SMILES string of the molecule is O=C(N[C@H]1CCS(=O)(=O)C1)N[C@H](c1cccc(Cl)c1)C1CCCC1. The predicted molar refractivity (Wildman–Crippen MR) is 94.9 cm³/mol. The zero-order valence-corrected chi connectivity index (χ0v) is 15.1. The second-order valence-corrected chi connectivity index (χ2v) is 9.46. The molecule has 0 spiro atoms. The lowest BCUT2D eigenvalue weighted by Crippen LogP contribution is -2.45. The number of nitrogens with one attached hydrogen (secondary N) is 2. The molecule has 0 unspecified atom stereocenters. The van der Waals surface area contributed by atoms with Crippen LogP contribution in [0, 0.1) is 5.92 Å². The standard InChI is InChI=1S/C17H23ClN2O3S/c18-14-7-3-6-13(10-14)16(12-4-1-2-5-12)20-17(21)19-15-8-9-24(22,23)11-15/h3,6-7,10,12,15-16H,1-2,4-5,8-9,11H2,(H2,19,20,21)/t15-,16-/m0/s1. The molecule has 2 amide bonds. The highest BCUT2D eigenvalue weighted by Crippen LogP contribution is 2.36. The summed E-state index contributed by atoms with van der Waals surface area (Å²) < 4.78 is 23.1. The van der Waals surface area contributed by atoms with E-state index in [2.05, 4.69) is 10.6 Å². The Labute approximate surface area is 148 Å². The van der Waals surface area contributed by atoms with Crippen LogP contribution in [0.15, 0.2) is 24.3 Å². The maximum absolute atomic E-state index is 12.4. The van der Waals surface area contributed by atoms with E-state index in [0.29, 0.717) is 17.4 Å². The number of carbonyl (C=O) groups is 1. The Morgan fingerprint density at radius 2 is 1.96 bits per heavy atom. The summed E-state index contributed by atoms with van der Waals surface area (Å²) >= 11 is 6.11. The second-order valence-electron chi connectivity index (χ2n) is 6.79. The number of hydrogen-bond donors (Lipinski definition) is 2. The molecule has 0 aromatic heterocycles. The molecule has 24 heavy (non-hydrogen) atoms. The Morgan fingerprint density at radius 1 is 1.21 bits per heavy atom. The minimum atomic E-state index is -3.00. The summed E-state index contributed by atoms with van der Waals surface area (Å²) in [4.78, 5) is 12.4. The zero-order chi connectivity index (χ0) is 17.2. The van der Waals surface area contributed by atoms with Crippen molar-refractivity contribution in [2.75, 3.05) is 11.5 Å². The highest BCUT2D eigenvalue weighted by Gasteiger charge is 2.31. The van der Waals surface area contributed by atoms with Crippen molar-refractivity contribution in [2.24, 2.45) is 5.92 Å². The average molecular weight is 371 g/mol. The molecule has 2 aliphatic rings. The topological polar surface area (TPSA) is 75.3 Å². The number of amides is 2. The van der Waals surface area contributed by atoms with Gasteiger partial charge in [0.05, 0.1) is 17.5 Å². The third-order valence-corrected chi connectivity index (χ3v) is 6.94. The van der Waals surface area contributed by atoms with Crippen molar-refractivity contribution < 1.29 is 13.2 Å². The van der Waals surface area contributed by atoms with Crippen molar-refractivity contribution >= 4 is 27.5 Å². The minimum Gasteiger partial charge on any atom is -0.334 e. The Balaban J connectivity index is 1.68. The summed E-state index contributed by atoms with van der Waals surface area (Å²) in [5, 5.41) is 6.52. The van der Waals surface area contributed by atoms with Crippen LogP contribution >= 0.6 is 11.6 Å². The number of rotatable bonds is 4. The molecule has 2 atom stereocenters. The Morgan fingerprint density at radius 3 is 2.58 bits per heavy atom. The van der Waals surface area contributed by atoms with Crippen molar-refractivity contribution in [3.8, 4) is 0 Å². The first kappa shape index (κ1) is 17.5. The molecule has 0 bridgehead atoms. The smallest absolute Gasteiger partial charge is 0.315 e. The first-order valence-electron chi connectivity index (χ1n) is 8.46. The molecule has 1 saturated carbocycles. The normalized spacial score (nSPS) is 24.6. The summed E-state index contributed by atoms with van der Waals surface area (Å²) in [6.45, 7) is 0. The third-order valence-electron chi connectivity index (χ3n) is 4.93. The molecule has 2 N–H and O–H groups in total. The number of carbonyl (C=O) groups excluding carboxylic acids is 1. The van der Waals surface area contributed by atoms with E-state index in [1.165, 1.54) is 12.8 Å². The molecule has 1 aromatic carbocycles. The van der Waals surface area contributed by atoms with Crippen molar-refractivity contribution in [1.82, 2.24) is 10.6 Å². The first-order chi connectivity index (χ1) is 11.4. The number of benzene rings is 1. The van der Waals surface area contributed by atoms with Crippen LogP contribution in [0.4, 0.5) is 4.79 Å². The van der Waals surface area contributed by atoms with Crippen LogP contribution in [0.1, 0.15) is 43.7 Å². The molecule has 1 aliphatic heterocycles. The van der Waals surface area contributed by atoms with Crippen molar-refractivity contribution in [3.05, 3.63) is 34.9 Å². The van der Waals surface area contributed by atoms with Gasteiger partial charge in [0, 0.05) is 11.1 Å². The minimum absolute atomic E-state index is 0.0334. The maximum Gasteiger partial charge on any atom is 0.315 e. The largest absolute Gasteiger partial charge is 0.334 e. The van der Waals surface area contributed by atoms with E-state index in [-0.39, 0.29) is 29.6 Å². The molecule has 0 radical (unpaired) electrons. The lowest BCUT2D eigenvalue weighted by molar-refractivity contribution is 0.228. The van der Waals surface area contributed by atoms with E-state index >= 15 is 0 Å². The highest BCUT2D eigenvalue weighted by atomic mass is 35.5. The zero-order valence-electron chi connectivity index (χ0n) is 13.5. The molecule has 2 fully saturated rings. The van der Waals surface area contributed by atoms with Gasteiger partial charge in [0.15, 0.2) is 9.84 Å². The van der Waals surface area contributed by atoms with E-state index in [9.17, 15) is 13.2 Å². The van der Waals surface area contributed by atoms with E-state index < -0.39 is 9.84 Å². The predicted octanol–water partition coefficient (Wildman–Crippen LogP) is 3.06. The third kappa shape index (κ3) is 4.42. The number of halogens is 1. The van der Waals surface area contributed by atoms with Crippen molar-refractivity contribution in [3.63, 3.8) is 0 Å². The summed E-state index contributed by atoms with van der Waals surface area (Å²) in [5.41, 5.74) is 1.00. The van der Waals surface area contributed by atoms with Gasteiger partial charge >= 0.3 is 6.03 Å². The Kier molecular flexibility index (Phi) is 5.35. The van der Waals surface area contributed by atoms with Crippen LogP contribution in [0.25, 0.3) is 0 Å². The fraction of sp³-hybridized carbons (Fsp3) is 0.588. The fourth-order valence-electron chi connectivity index (χ4n) is 3.74. The molecule has 3 rings (SSSR count). The van der Waals surface area contributed by atoms with Gasteiger partial charge in [-0.05, 0) is 42.9 Å². The molecule has 1 aromatic rings. The van der Waals surface area contributed by atoms with E-state index in [0.717, 1.165) is 18.4 Å². The molecule has 132 valence electrons. The molecule has 1 aliphatic carbocycles. The van der Waals surface area contributed by atoms with E-state index in [1.54, 1.807) is 0 Å². The van der Waals surface area contributed by atoms with Gasteiger partial charge in [0.1, 0.15) is 0 Å². The van der Waals surface area contributed by atoms with Crippen LogP contribution in [-0.2, 0) is 9.84 Å². The van der Waals surface area contributed by atoms with Gasteiger partial charge in [-0.2, -0.15) is 0 Å². The monoisotopic (exact) mass is 370 g/mol. The lowest BCUT2D eigenvalue weighted by Gasteiger charge is -2.26. The van der Waals surface area contributed by atoms with Crippen molar-refractivity contribution in [1.29, 1.82) is 0 Å². The molecule has 5 nitrogen and oxygen atoms in total. The highest BCUT2D eigenvalue weighted by molar-refractivity contribution is 7.91. The second kappa shape index (κ2) is 7.31. The lowest BCUT2D eigenvalue weighted by atomic mass is 9.92. The molecular weight excluding hydrogens is 348 g/mol. The van der Waals surface area contributed by atoms with Gasteiger partial charge in [-0.3, -0.25) is 0 Å². The van der Waals surface area contributed by atoms with Gasteiger partial charge < -0.3 is 10.6 Å². The van der Waals surface area contributed by atoms with E-state index in [4.69, 9.17) is 11.6 Å². The van der Waals surface area contributed by atoms with Gasteiger partial charge in [-0.15, -0.1) is 0 Å². The van der Waals surface area contributed by atoms with Gasteiger partial charge in [-0.25, -0.2) is 13.2 Å². The number of hydrogen-bond acceptors (Lipinski definition) is 3. The summed E-state index contributed by atoms with van der Waals surface area (Å²) in [7, 11) is -3.00. The molecule has 7 heteroatoms. The van der Waals surface area contributed by atoms with Crippen LogP contribution < -0.4 is 10.6 Å². The fourth-order valence-corrected chi connectivity index (χ4v) is 5.61. The molecule has 1 heterocycles. The summed E-state index contributed by atoms with van der Waals surface area (Å²) in [6.07, 6.45) is 4.99. The van der Waals surface area contributed by atoms with Gasteiger partial charge in [0.2, 0.25) is 0 Å². The first-order valence-corrected chi connectivity index (χ1v) is 10.7. The molecule has 1 saturated heterocycles.